The number of imidazole rings is 1. The third kappa shape index (κ3) is 4.41. The second-order valence-electron chi connectivity index (χ2n) is 5.04. The highest BCUT2D eigenvalue weighted by atomic mass is 16.4. The zero-order valence-electron chi connectivity index (χ0n) is 12.0. The normalized spacial score (nSPS) is 14.3. The highest BCUT2D eigenvalue weighted by molar-refractivity contribution is 5.84. The van der Waals surface area contributed by atoms with Gasteiger partial charge in [0, 0.05) is 45.0 Å². The van der Waals surface area contributed by atoms with E-state index in [9.17, 15) is 9.59 Å². The Labute approximate surface area is 127 Å². The summed E-state index contributed by atoms with van der Waals surface area (Å²) in [6.07, 6.45) is 10.2. The van der Waals surface area contributed by atoms with Gasteiger partial charge in [0.15, 0.2) is 11.4 Å². The summed E-state index contributed by atoms with van der Waals surface area (Å²) in [5.41, 5.74) is -0.455. The minimum Gasteiger partial charge on any atom is -0.476 e. The highest BCUT2D eigenvalue weighted by Gasteiger charge is 2.39. The lowest BCUT2D eigenvalue weighted by atomic mass is 10.0. The standard InChI is InChI=1S/C14H17N5O3/c1-2-3-5-14(17-18-14)6-4-12(20)15-7-8-19-9-11(13(21)22)16-10-19/h1,9-10H,3-8H2,(H,15,20)(H,21,22). The van der Waals surface area contributed by atoms with Crippen LogP contribution in [0.5, 0.6) is 0 Å². The van der Waals surface area contributed by atoms with Crippen LogP contribution < -0.4 is 5.32 Å². The summed E-state index contributed by atoms with van der Waals surface area (Å²) in [5.74, 6) is 1.38. The fourth-order valence-electron chi connectivity index (χ4n) is 1.99. The maximum Gasteiger partial charge on any atom is 0.356 e. The lowest BCUT2D eigenvalue weighted by Gasteiger charge is -2.09. The van der Waals surface area contributed by atoms with Crippen LogP contribution in [0.15, 0.2) is 22.8 Å². The number of nitrogens with one attached hydrogen (secondary N) is 1. The molecule has 0 spiro atoms. The highest BCUT2D eigenvalue weighted by Crippen LogP contribution is 2.37. The number of terminal acetylenes is 1. The molecule has 22 heavy (non-hydrogen) atoms. The molecule has 2 N–H and O–H groups in total. The molecule has 1 aromatic heterocycles. The van der Waals surface area contributed by atoms with E-state index in [1.807, 2.05) is 0 Å². The maximum atomic E-state index is 11.7. The van der Waals surface area contributed by atoms with Crippen LogP contribution in [0.3, 0.4) is 0 Å². The van der Waals surface area contributed by atoms with Crippen molar-refractivity contribution >= 4 is 11.9 Å². The Morgan fingerprint density at radius 2 is 2.18 bits per heavy atom. The van der Waals surface area contributed by atoms with Crippen molar-refractivity contribution in [3.05, 3.63) is 18.2 Å². The molecule has 0 saturated heterocycles. The third-order valence-electron chi connectivity index (χ3n) is 3.35. The Bertz CT molecular complexity index is 623. The molecule has 1 aliphatic heterocycles. The van der Waals surface area contributed by atoms with Crippen molar-refractivity contribution in [1.82, 2.24) is 14.9 Å². The first kappa shape index (κ1) is 15.7. The van der Waals surface area contributed by atoms with Gasteiger partial charge in [0.05, 0.1) is 6.33 Å². The number of carboxylic acids is 1. The lowest BCUT2D eigenvalue weighted by Crippen LogP contribution is -2.28. The fourth-order valence-corrected chi connectivity index (χ4v) is 1.99. The smallest absolute Gasteiger partial charge is 0.356 e. The van der Waals surface area contributed by atoms with Crippen LogP contribution in [0.2, 0.25) is 0 Å². The number of hydrogen-bond acceptors (Lipinski definition) is 5. The van der Waals surface area contributed by atoms with Crippen LogP contribution in [0, 0.1) is 12.3 Å². The molecule has 0 bridgehead atoms. The van der Waals surface area contributed by atoms with E-state index in [0.717, 1.165) is 0 Å². The first-order valence-electron chi connectivity index (χ1n) is 6.94. The second-order valence-corrected chi connectivity index (χ2v) is 5.04. The fraction of sp³-hybridized carbons (Fsp3) is 0.500. The van der Waals surface area contributed by atoms with Gasteiger partial charge >= 0.3 is 5.97 Å². The molecule has 0 aliphatic carbocycles. The SMILES string of the molecule is C#CCCC1(CCC(=O)NCCn2cnc(C(=O)O)c2)N=N1. The first-order valence-corrected chi connectivity index (χ1v) is 6.94. The summed E-state index contributed by atoms with van der Waals surface area (Å²) in [6.45, 7) is 0.864. The summed E-state index contributed by atoms with van der Waals surface area (Å²) in [7, 11) is 0. The summed E-state index contributed by atoms with van der Waals surface area (Å²) in [6, 6.07) is 0. The Kier molecular flexibility index (Phi) is 4.88. The van der Waals surface area contributed by atoms with Gasteiger partial charge in [-0.2, -0.15) is 10.2 Å². The topological polar surface area (TPSA) is 109 Å². The average molecular weight is 303 g/mol. The molecule has 116 valence electrons. The molecular weight excluding hydrogens is 286 g/mol. The summed E-state index contributed by atoms with van der Waals surface area (Å²) >= 11 is 0. The first-order chi connectivity index (χ1) is 10.5. The van der Waals surface area contributed by atoms with E-state index in [0.29, 0.717) is 38.8 Å². The minimum atomic E-state index is -1.07. The van der Waals surface area contributed by atoms with Gasteiger partial charge in [0.2, 0.25) is 5.91 Å². The minimum absolute atomic E-state index is 0.0151. The van der Waals surface area contributed by atoms with E-state index in [1.165, 1.54) is 12.5 Å². The number of carbonyl (C=O) groups is 2. The zero-order valence-corrected chi connectivity index (χ0v) is 12.0. The van der Waals surface area contributed by atoms with Crippen LogP contribution in [0.1, 0.15) is 36.2 Å². The van der Waals surface area contributed by atoms with E-state index in [4.69, 9.17) is 11.5 Å². The van der Waals surface area contributed by atoms with Gasteiger partial charge in [-0.15, -0.1) is 12.3 Å². The summed E-state index contributed by atoms with van der Waals surface area (Å²) in [4.78, 5) is 26.2. The Balaban J connectivity index is 1.63. The lowest BCUT2D eigenvalue weighted by molar-refractivity contribution is -0.121. The van der Waals surface area contributed by atoms with E-state index >= 15 is 0 Å². The monoisotopic (exact) mass is 303 g/mol. The molecule has 1 aliphatic rings. The number of aromatic nitrogens is 2. The molecule has 0 fully saturated rings. The molecule has 0 atom stereocenters. The molecule has 1 aromatic rings. The molecular formula is C14H17N5O3. The molecule has 8 heteroatoms. The molecule has 0 radical (unpaired) electrons. The number of carbonyl (C=O) groups excluding carboxylic acids is 1. The van der Waals surface area contributed by atoms with E-state index < -0.39 is 11.6 Å². The molecule has 0 saturated carbocycles. The van der Waals surface area contributed by atoms with Gasteiger partial charge in [-0.05, 0) is 0 Å². The number of amides is 1. The summed E-state index contributed by atoms with van der Waals surface area (Å²) < 4.78 is 1.61. The molecule has 1 amide bonds. The van der Waals surface area contributed by atoms with Gasteiger partial charge in [-0.3, -0.25) is 4.79 Å². The molecule has 0 unspecified atom stereocenters. The largest absolute Gasteiger partial charge is 0.476 e. The number of nitrogens with zero attached hydrogens (tertiary/aromatic N) is 4. The van der Waals surface area contributed by atoms with Crippen LogP contribution in [0.4, 0.5) is 0 Å². The van der Waals surface area contributed by atoms with Crippen molar-refractivity contribution in [3.8, 4) is 12.3 Å². The van der Waals surface area contributed by atoms with Crippen molar-refractivity contribution in [1.29, 1.82) is 0 Å². The number of carboxylic acid groups (broad SMARTS) is 1. The number of rotatable bonds is 9. The maximum absolute atomic E-state index is 11.7. The van der Waals surface area contributed by atoms with Gasteiger partial charge in [-0.1, -0.05) is 0 Å². The van der Waals surface area contributed by atoms with E-state index in [2.05, 4.69) is 26.4 Å². The molecule has 2 heterocycles. The van der Waals surface area contributed by atoms with Crippen molar-refractivity contribution < 1.29 is 14.7 Å². The molecule has 0 aromatic carbocycles. The second kappa shape index (κ2) is 6.85. The van der Waals surface area contributed by atoms with Gasteiger partial charge in [-0.25, -0.2) is 9.78 Å². The predicted octanol–water partition coefficient (Wildman–Crippen LogP) is 1.05. The van der Waals surface area contributed by atoms with E-state index in [1.54, 1.807) is 4.57 Å². The van der Waals surface area contributed by atoms with Gasteiger partial charge < -0.3 is 15.0 Å². The van der Waals surface area contributed by atoms with Crippen molar-refractivity contribution in [2.45, 2.75) is 37.9 Å². The quantitative estimate of drug-likeness (QED) is 0.664. The molecule has 8 nitrogen and oxygen atoms in total. The number of aromatic carboxylic acids is 1. The van der Waals surface area contributed by atoms with Crippen LogP contribution in [-0.4, -0.2) is 38.7 Å². The Morgan fingerprint density at radius 1 is 1.41 bits per heavy atom. The third-order valence-corrected chi connectivity index (χ3v) is 3.35. The number of hydrogen-bond donors (Lipinski definition) is 2. The Hall–Kier alpha value is -2.69. The van der Waals surface area contributed by atoms with Gasteiger partial charge in [0.25, 0.3) is 0 Å². The van der Waals surface area contributed by atoms with Crippen molar-refractivity contribution in [2.75, 3.05) is 6.54 Å². The van der Waals surface area contributed by atoms with Crippen LogP contribution >= 0.6 is 0 Å². The predicted molar refractivity (Wildman–Crippen MR) is 77.1 cm³/mol. The zero-order chi connectivity index (χ0) is 16.0. The van der Waals surface area contributed by atoms with Crippen molar-refractivity contribution in [2.24, 2.45) is 10.2 Å². The van der Waals surface area contributed by atoms with Crippen molar-refractivity contribution in [3.63, 3.8) is 0 Å². The van der Waals surface area contributed by atoms with Gasteiger partial charge in [0.1, 0.15) is 0 Å². The summed E-state index contributed by atoms with van der Waals surface area (Å²) in [5, 5.41) is 19.5. The Morgan fingerprint density at radius 3 is 2.77 bits per heavy atom. The van der Waals surface area contributed by atoms with E-state index in [-0.39, 0.29) is 11.6 Å². The molecule has 2 rings (SSSR count). The van der Waals surface area contributed by atoms with Crippen LogP contribution in [-0.2, 0) is 11.3 Å². The van der Waals surface area contributed by atoms with Crippen LogP contribution in [0.25, 0.3) is 0 Å². The average Bonchev–Trinajstić information content (AvgIpc) is 3.11.